The summed E-state index contributed by atoms with van der Waals surface area (Å²) >= 11 is 0. The standard InChI is InChI=1S/C33H28/c1-23-18-19-32(28-14-8-12-26(21-28)30-16-6-4-10-24(30)2)33(20-23)29-15-9-13-27(22-29)31-17-7-5-11-25(31)3/h4-22H,1-3H3. The number of benzene rings is 5. The van der Waals surface area contributed by atoms with Gasteiger partial charge in [-0.25, -0.2) is 0 Å². The number of hydrogen-bond acceptors (Lipinski definition) is 0. The second kappa shape index (κ2) is 8.92. The first-order chi connectivity index (χ1) is 16.1. The molecule has 0 heterocycles. The maximum atomic E-state index is 2.33. The normalized spacial score (nSPS) is 10.9. The van der Waals surface area contributed by atoms with Crippen LogP contribution in [0.3, 0.4) is 0 Å². The Balaban J connectivity index is 1.64. The fourth-order valence-electron chi connectivity index (χ4n) is 4.65. The van der Waals surface area contributed by atoms with Crippen molar-refractivity contribution in [3.63, 3.8) is 0 Å². The van der Waals surface area contributed by atoms with Gasteiger partial charge in [-0.2, -0.15) is 0 Å². The highest BCUT2D eigenvalue weighted by Crippen LogP contribution is 2.37. The summed E-state index contributed by atoms with van der Waals surface area (Å²) in [6, 6.07) is 41.8. The van der Waals surface area contributed by atoms with Gasteiger partial charge in [0, 0.05) is 0 Å². The Morgan fingerprint density at radius 1 is 0.333 bits per heavy atom. The van der Waals surface area contributed by atoms with E-state index in [4.69, 9.17) is 0 Å². The molecule has 0 amide bonds. The zero-order valence-corrected chi connectivity index (χ0v) is 19.5. The molecule has 0 aliphatic carbocycles. The zero-order valence-electron chi connectivity index (χ0n) is 19.5. The molecule has 33 heavy (non-hydrogen) atoms. The van der Waals surface area contributed by atoms with Crippen LogP contribution in [-0.4, -0.2) is 0 Å². The van der Waals surface area contributed by atoms with Crippen molar-refractivity contribution in [3.05, 3.63) is 132 Å². The molecule has 0 N–H and O–H groups in total. The maximum absolute atomic E-state index is 2.33. The van der Waals surface area contributed by atoms with Crippen LogP contribution in [0.25, 0.3) is 44.5 Å². The molecule has 0 radical (unpaired) electrons. The smallest absolute Gasteiger partial charge is 0.0103 e. The topological polar surface area (TPSA) is 0 Å². The molecule has 0 saturated heterocycles. The first kappa shape index (κ1) is 21.0. The Morgan fingerprint density at radius 3 is 1.30 bits per heavy atom. The van der Waals surface area contributed by atoms with Crippen LogP contribution in [0, 0.1) is 20.8 Å². The molecule has 0 atom stereocenters. The number of hydrogen-bond donors (Lipinski definition) is 0. The molecule has 5 aromatic carbocycles. The lowest BCUT2D eigenvalue weighted by Crippen LogP contribution is -1.90. The van der Waals surface area contributed by atoms with Crippen molar-refractivity contribution in [2.75, 3.05) is 0 Å². The third-order valence-electron chi connectivity index (χ3n) is 6.43. The van der Waals surface area contributed by atoms with E-state index in [-0.39, 0.29) is 0 Å². The summed E-state index contributed by atoms with van der Waals surface area (Å²) < 4.78 is 0. The van der Waals surface area contributed by atoms with Crippen molar-refractivity contribution in [1.29, 1.82) is 0 Å². The van der Waals surface area contributed by atoms with Gasteiger partial charge in [0.05, 0.1) is 0 Å². The molecule has 0 unspecified atom stereocenters. The van der Waals surface area contributed by atoms with E-state index in [2.05, 4.69) is 136 Å². The van der Waals surface area contributed by atoms with Gasteiger partial charge in [0.1, 0.15) is 0 Å². The van der Waals surface area contributed by atoms with Crippen LogP contribution in [0.1, 0.15) is 16.7 Å². The fraction of sp³-hybridized carbons (Fsp3) is 0.0909. The third kappa shape index (κ3) is 4.25. The SMILES string of the molecule is Cc1ccc(-c2cccc(-c3ccccc3C)c2)c(-c2cccc(-c3ccccc3C)c2)c1. The van der Waals surface area contributed by atoms with E-state index in [1.807, 2.05) is 0 Å². The number of rotatable bonds is 4. The molecule has 0 spiro atoms. The van der Waals surface area contributed by atoms with E-state index in [1.54, 1.807) is 0 Å². The highest BCUT2D eigenvalue weighted by Gasteiger charge is 2.11. The minimum absolute atomic E-state index is 1.24. The molecular weight excluding hydrogens is 396 g/mol. The van der Waals surface area contributed by atoms with Crippen LogP contribution < -0.4 is 0 Å². The van der Waals surface area contributed by atoms with E-state index in [1.165, 1.54) is 61.2 Å². The monoisotopic (exact) mass is 424 g/mol. The molecule has 5 aromatic rings. The molecule has 0 aliphatic rings. The summed E-state index contributed by atoms with van der Waals surface area (Å²) in [5.41, 5.74) is 14.0. The fourth-order valence-corrected chi connectivity index (χ4v) is 4.65. The molecule has 0 nitrogen and oxygen atoms in total. The minimum Gasteiger partial charge on any atom is -0.0620 e. The molecule has 160 valence electrons. The number of aryl methyl sites for hydroxylation is 3. The lowest BCUT2D eigenvalue weighted by Gasteiger charge is -2.15. The van der Waals surface area contributed by atoms with Crippen molar-refractivity contribution >= 4 is 0 Å². The molecule has 0 aliphatic heterocycles. The quantitative estimate of drug-likeness (QED) is 0.270. The van der Waals surface area contributed by atoms with Crippen LogP contribution in [0.15, 0.2) is 115 Å². The highest BCUT2D eigenvalue weighted by atomic mass is 14.2. The predicted octanol–water partition coefficient (Wildman–Crippen LogP) is 9.28. The van der Waals surface area contributed by atoms with Crippen molar-refractivity contribution in [3.8, 4) is 44.5 Å². The van der Waals surface area contributed by atoms with Gasteiger partial charge < -0.3 is 0 Å². The Kier molecular flexibility index (Phi) is 5.67. The molecule has 5 rings (SSSR count). The Labute approximate surface area is 197 Å². The lowest BCUT2D eigenvalue weighted by molar-refractivity contribution is 1.44. The average molecular weight is 425 g/mol. The molecule has 0 fully saturated rings. The summed E-state index contributed by atoms with van der Waals surface area (Å²) in [5.74, 6) is 0. The van der Waals surface area contributed by atoms with E-state index >= 15 is 0 Å². The van der Waals surface area contributed by atoms with Crippen LogP contribution in [0.4, 0.5) is 0 Å². The minimum atomic E-state index is 1.24. The maximum Gasteiger partial charge on any atom is -0.0103 e. The zero-order chi connectivity index (χ0) is 22.8. The summed E-state index contributed by atoms with van der Waals surface area (Å²) in [6.07, 6.45) is 0. The van der Waals surface area contributed by atoms with Crippen molar-refractivity contribution in [2.24, 2.45) is 0 Å². The molecule has 0 heteroatoms. The second-order valence-electron chi connectivity index (χ2n) is 8.84. The van der Waals surface area contributed by atoms with E-state index < -0.39 is 0 Å². The van der Waals surface area contributed by atoms with Crippen LogP contribution in [0.5, 0.6) is 0 Å². The largest absolute Gasteiger partial charge is 0.0620 e. The molecular formula is C33H28. The first-order valence-corrected chi connectivity index (χ1v) is 11.5. The Hall–Kier alpha value is -3.90. The molecule has 0 bridgehead atoms. The van der Waals surface area contributed by atoms with E-state index in [9.17, 15) is 0 Å². The summed E-state index contributed by atoms with van der Waals surface area (Å²) in [7, 11) is 0. The van der Waals surface area contributed by atoms with Crippen molar-refractivity contribution in [2.45, 2.75) is 20.8 Å². The van der Waals surface area contributed by atoms with Gasteiger partial charge in [-0.3, -0.25) is 0 Å². The van der Waals surface area contributed by atoms with Gasteiger partial charge >= 0.3 is 0 Å². The van der Waals surface area contributed by atoms with Crippen LogP contribution in [-0.2, 0) is 0 Å². The summed E-state index contributed by atoms with van der Waals surface area (Å²) in [5, 5.41) is 0. The van der Waals surface area contributed by atoms with Gasteiger partial charge in [0.15, 0.2) is 0 Å². The van der Waals surface area contributed by atoms with Gasteiger partial charge in [-0.05, 0) is 88.5 Å². The van der Waals surface area contributed by atoms with Crippen LogP contribution in [0.2, 0.25) is 0 Å². The van der Waals surface area contributed by atoms with Gasteiger partial charge in [-0.15, -0.1) is 0 Å². The third-order valence-corrected chi connectivity index (χ3v) is 6.43. The van der Waals surface area contributed by atoms with Gasteiger partial charge in [0.25, 0.3) is 0 Å². The summed E-state index contributed by atoms with van der Waals surface area (Å²) in [6.45, 7) is 6.52. The van der Waals surface area contributed by atoms with Gasteiger partial charge in [0.2, 0.25) is 0 Å². The summed E-state index contributed by atoms with van der Waals surface area (Å²) in [4.78, 5) is 0. The van der Waals surface area contributed by atoms with Gasteiger partial charge in [-0.1, -0.05) is 109 Å². The Morgan fingerprint density at radius 2 is 0.788 bits per heavy atom. The van der Waals surface area contributed by atoms with E-state index in [0.717, 1.165) is 0 Å². The first-order valence-electron chi connectivity index (χ1n) is 11.5. The molecule has 0 saturated carbocycles. The van der Waals surface area contributed by atoms with Crippen molar-refractivity contribution < 1.29 is 0 Å². The second-order valence-corrected chi connectivity index (χ2v) is 8.84. The van der Waals surface area contributed by atoms with Crippen LogP contribution >= 0.6 is 0 Å². The van der Waals surface area contributed by atoms with Crippen molar-refractivity contribution in [1.82, 2.24) is 0 Å². The average Bonchev–Trinajstić information content (AvgIpc) is 2.85. The van der Waals surface area contributed by atoms with E-state index in [0.29, 0.717) is 0 Å². The molecule has 0 aromatic heterocycles. The Bertz CT molecular complexity index is 1440. The predicted molar refractivity (Wildman–Crippen MR) is 142 cm³/mol. The lowest BCUT2D eigenvalue weighted by atomic mass is 9.89. The highest BCUT2D eigenvalue weighted by molar-refractivity contribution is 5.87.